The first-order valence-electron chi connectivity index (χ1n) is 6.88. The molecule has 1 heterocycles. The van der Waals surface area contributed by atoms with Gasteiger partial charge in [0.25, 0.3) is 5.91 Å². The zero-order valence-corrected chi connectivity index (χ0v) is 11.8. The van der Waals surface area contributed by atoms with Crippen LogP contribution in [0.3, 0.4) is 0 Å². The number of carbonyl (C=O) groups excluding carboxylic acids is 1. The Morgan fingerprint density at radius 3 is 2.67 bits per heavy atom. The molecule has 0 bridgehead atoms. The van der Waals surface area contributed by atoms with E-state index >= 15 is 0 Å². The van der Waals surface area contributed by atoms with Crippen LogP contribution in [-0.4, -0.2) is 34.0 Å². The molecule has 3 N–H and O–H groups in total. The maximum atomic E-state index is 12.6. The Morgan fingerprint density at radius 1 is 1.24 bits per heavy atom. The van der Waals surface area contributed by atoms with Gasteiger partial charge in [-0.05, 0) is 24.6 Å². The maximum Gasteiger partial charge on any atom is 0.258 e. The van der Waals surface area contributed by atoms with Gasteiger partial charge < -0.3 is 15.7 Å². The van der Waals surface area contributed by atoms with E-state index in [4.69, 9.17) is 5.73 Å². The number of carbonyl (C=O) groups is 1. The summed E-state index contributed by atoms with van der Waals surface area (Å²) in [4.78, 5) is 18.1. The van der Waals surface area contributed by atoms with Crippen molar-refractivity contribution in [2.45, 2.75) is 13.0 Å². The second kappa shape index (κ2) is 7.40. The van der Waals surface area contributed by atoms with Crippen LogP contribution < -0.4 is 5.73 Å². The van der Waals surface area contributed by atoms with Gasteiger partial charge in [-0.2, -0.15) is 0 Å². The molecule has 2 aromatic rings. The molecule has 0 radical (unpaired) electrons. The van der Waals surface area contributed by atoms with Gasteiger partial charge >= 0.3 is 0 Å². The van der Waals surface area contributed by atoms with Crippen molar-refractivity contribution >= 4 is 5.91 Å². The molecular formula is C16H19N3O2. The summed E-state index contributed by atoms with van der Waals surface area (Å²) in [5.41, 5.74) is 6.84. The van der Waals surface area contributed by atoms with Crippen molar-refractivity contribution in [3.63, 3.8) is 0 Å². The quantitative estimate of drug-likeness (QED) is 0.848. The van der Waals surface area contributed by atoms with Crippen LogP contribution in [-0.2, 0) is 6.54 Å². The van der Waals surface area contributed by atoms with E-state index in [1.165, 1.54) is 18.5 Å². The zero-order chi connectivity index (χ0) is 15.1. The third-order valence-corrected chi connectivity index (χ3v) is 3.17. The lowest BCUT2D eigenvalue weighted by Gasteiger charge is -2.23. The van der Waals surface area contributed by atoms with Gasteiger partial charge in [-0.1, -0.05) is 30.3 Å². The third-order valence-electron chi connectivity index (χ3n) is 3.17. The van der Waals surface area contributed by atoms with Crippen LogP contribution in [0.4, 0.5) is 0 Å². The van der Waals surface area contributed by atoms with Crippen molar-refractivity contribution in [1.82, 2.24) is 9.88 Å². The summed E-state index contributed by atoms with van der Waals surface area (Å²) in [6.07, 6.45) is 3.48. The Labute approximate surface area is 124 Å². The normalized spacial score (nSPS) is 10.3. The minimum Gasteiger partial charge on any atom is -0.505 e. The van der Waals surface area contributed by atoms with E-state index < -0.39 is 0 Å². The Balaban J connectivity index is 2.19. The summed E-state index contributed by atoms with van der Waals surface area (Å²) >= 11 is 0. The Hall–Kier alpha value is -2.40. The first-order chi connectivity index (χ1) is 10.2. The first kappa shape index (κ1) is 15.0. The number of hydrogen-bond donors (Lipinski definition) is 2. The Bertz CT molecular complexity index is 587. The molecule has 0 aliphatic rings. The van der Waals surface area contributed by atoms with E-state index in [0.29, 0.717) is 26.1 Å². The average molecular weight is 285 g/mol. The van der Waals surface area contributed by atoms with Gasteiger partial charge in [-0.15, -0.1) is 0 Å². The highest BCUT2D eigenvalue weighted by atomic mass is 16.3. The molecule has 0 saturated carbocycles. The van der Waals surface area contributed by atoms with Crippen LogP contribution in [0.15, 0.2) is 48.8 Å². The SMILES string of the molecule is NCCCN(Cc1ccccc1)C(=O)c1ccncc1O. The van der Waals surface area contributed by atoms with Crippen molar-refractivity contribution < 1.29 is 9.90 Å². The lowest BCUT2D eigenvalue weighted by atomic mass is 10.1. The molecule has 110 valence electrons. The maximum absolute atomic E-state index is 12.6. The minimum absolute atomic E-state index is 0.103. The number of pyridine rings is 1. The summed E-state index contributed by atoms with van der Waals surface area (Å²) in [5.74, 6) is -0.319. The van der Waals surface area contributed by atoms with Crippen molar-refractivity contribution in [3.8, 4) is 5.75 Å². The molecule has 1 aromatic carbocycles. The predicted octanol–water partition coefficient (Wildman–Crippen LogP) is 1.78. The van der Waals surface area contributed by atoms with E-state index in [2.05, 4.69) is 4.98 Å². The molecule has 0 unspecified atom stereocenters. The highest BCUT2D eigenvalue weighted by Gasteiger charge is 2.18. The highest BCUT2D eigenvalue weighted by Crippen LogP contribution is 2.18. The van der Waals surface area contributed by atoms with Crippen LogP contribution in [0.25, 0.3) is 0 Å². The molecule has 0 fully saturated rings. The third kappa shape index (κ3) is 4.03. The number of nitrogens with two attached hydrogens (primary N) is 1. The number of nitrogens with zero attached hydrogens (tertiary/aromatic N) is 2. The van der Waals surface area contributed by atoms with Crippen molar-refractivity contribution in [1.29, 1.82) is 0 Å². The van der Waals surface area contributed by atoms with Crippen LogP contribution in [0.5, 0.6) is 5.75 Å². The molecule has 0 atom stereocenters. The monoisotopic (exact) mass is 285 g/mol. The molecule has 0 saturated heterocycles. The van der Waals surface area contributed by atoms with Crippen molar-refractivity contribution in [2.75, 3.05) is 13.1 Å². The van der Waals surface area contributed by atoms with Gasteiger partial charge in [0.1, 0.15) is 5.75 Å². The fourth-order valence-electron chi connectivity index (χ4n) is 2.08. The van der Waals surface area contributed by atoms with Crippen molar-refractivity contribution in [3.05, 3.63) is 59.9 Å². The lowest BCUT2D eigenvalue weighted by molar-refractivity contribution is 0.0739. The summed E-state index contributed by atoms with van der Waals surface area (Å²) in [5, 5.41) is 9.79. The molecule has 1 amide bonds. The van der Waals surface area contributed by atoms with Gasteiger partial charge in [0, 0.05) is 19.3 Å². The molecule has 5 nitrogen and oxygen atoms in total. The largest absolute Gasteiger partial charge is 0.505 e. The topological polar surface area (TPSA) is 79.5 Å². The number of aromatic nitrogens is 1. The van der Waals surface area contributed by atoms with Crippen LogP contribution in [0.1, 0.15) is 22.3 Å². The van der Waals surface area contributed by atoms with Gasteiger partial charge in [0.05, 0.1) is 11.8 Å². The van der Waals surface area contributed by atoms with Crippen LogP contribution >= 0.6 is 0 Å². The Kier molecular flexibility index (Phi) is 5.29. The Morgan fingerprint density at radius 2 is 2.00 bits per heavy atom. The number of hydrogen-bond acceptors (Lipinski definition) is 4. The van der Waals surface area contributed by atoms with E-state index in [-0.39, 0.29) is 17.2 Å². The smallest absolute Gasteiger partial charge is 0.258 e. The van der Waals surface area contributed by atoms with E-state index in [9.17, 15) is 9.90 Å². The van der Waals surface area contributed by atoms with E-state index in [1.54, 1.807) is 4.90 Å². The second-order valence-corrected chi connectivity index (χ2v) is 4.75. The molecule has 5 heteroatoms. The zero-order valence-electron chi connectivity index (χ0n) is 11.8. The van der Waals surface area contributed by atoms with Crippen LogP contribution in [0.2, 0.25) is 0 Å². The predicted molar refractivity (Wildman–Crippen MR) is 80.8 cm³/mol. The van der Waals surface area contributed by atoms with E-state index in [0.717, 1.165) is 5.56 Å². The van der Waals surface area contributed by atoms with Gasteiger partial charge in [0.15, 0.2) is 0 Å². The van der Waals surface area contributed by atoms with Gasteiger partial charge in [-0.25, -0.2) is 0 Å². The van der Waals surface area contributed by atoms with Gasteiger partial charge in [0.2, 0.25) is 0 Å². The lowest BCUT2D eigenvalue weighted by Crippen LogP contribution is -2.32. The molecule has 21 heavy (non-hydrogen) atoms. The summed E-state index contributed by atoms with van der Waals surface area (Å²) in [6.45, 7) is 1.55. The van der Waals surface area contributed by atoms with Gasteiger partial charge in [-0.3, -0.25) is 9.78 Å². The van der Waals surface area contributed by atoms with Crippen molar-refractivity contribution in [2.24, 2.45) is 5.73 Å². The molecular weight excluding hydrogens is 266 g/mol. The van der Waals surface area contributed by atoms with Crippen LogP contribution in [0, 0.1) is 0 Å². The number of amides is 1. The summed E-state index contributed by atoms with van der Waals surface area (Å²) < 4.78 is 0. The average Bonchev–Trinajstić information content (AvgIpc) is 2.52. The number of benzene rings is 1. The number of aromatic hydroxyl groups is 1. The first-order valence-corrected chi connectivity index (χ1v) is 6.88. The fraction of sp³-hybridized carbons (Fsp3) is 0.250. The molecule has 1 aromatic heterocycles. The molecule has 0 aliphatic carbocycles. The fourth-order valence-corrected chi connectivity index (χ4v) is 2.08. The molecule has 0 spiro atoms. The molecule has 2 rings (SSSR count). The minimum atomic E-state index is -0.216. The van der Waals surface area contributed by atoms with E-state index in [1.807, 2.05) is 30.3 Å². The number of rotatable bonds is 6. The standard InChI is InChI=1S/C16H19N3O2/c17-8-4-10-19(12-13-5-2-1-3-6-13)16(21)14-7-9-18-11-15(14)20/h1-3,5-7,9,11,20H,4,8,10,12,17H2. The highest BCUT2D eigenvalue weighted by molar-refractivity contribution is 5.96. The summed E-state index contributed by atoms with van der Waals surface area (Å²) in [6, 6.07) is 11.3. The second-order valence-electron chi connectivity index (χ2n) is 4.75. The molecule has 0 aliphatic heterocycles. The summed E-state index contributed by atoms with van der Waals surface area (Å²) in [7, 11) is 0.